The van der Waals surface area contributed by atoms with Crippen LogP contribution in [0.3, 0.4) is 0 Å². The molecule has 124 valence electrons. The molecule has 0 saturated carbocycles. The van der Waals surface area contributed by atoms with Gasteiger partial charge in [-0.05, 0) is 43.2 Å². The molecule has 8 heteroatoms. The Hall–Kier alpha value is -1.77. The Labute approximate surface area is 137 Å². The first-order valence-corrected chi connectivity index (χ1v) is 9.14. The number of nitrogens with one attached hydrogen (secondary N) is 1. The molecule has 1 atom stereocenters. The molecule has 1 aromatic carbocycles. The molecule has 1 heterocycles. The number of carbonyl (C=O) groups is 1. The molecule has 0 aliphatic carbocycles. The lowest BCUT2D eigenvalue weighted by atomic mass is 10.0. The Kier molecular flexibility index (Phi) is 5.51. The molecule has 0 aliphatic rings. The number of carboxylic acids is 1. The molecule has 0 amide bonds. The van der Waals surface area contributed by atoms with Gasteiger partial charge in [0.15, 0.2) is 0 Å². The molecule has 23 heavy (non-hydrogen) atoms. The van der Waals surface area contributed by atoms with Crippen molar-refractivity contribution in [1.29, 1.82) is 0 Å². The summed E-state index contributed by atoms with van der Waals surface area (Å²) in [6, 6.07) is 7.79. The van der Waals surface area contributed by atoms with E-state index in [4.69, 9.17) is 5.11 Å². The summed E-state index contributed by atoms with van der Waals surface area (Å²) >= 11 is 1.13. The van der Waals surface area contributed by atoms with E-state index in [1.807, 2.05) is 0 Å². The van der Waals surface area contributed by atoms with E-state index in [9.17, 15) is 17.6 Å². The van der Waals surface area contributed by atoms with Gasteiger partial charge in [0.1, 0.15) is 10.0 Å². The summed E-state index contributed by atoms with van der Waals surface area (Å²) in [5.74, 6) is -1.47. The fraction of sp³-hybridized carbons (Fsp3) is 0.267. The van der Waals surface area contributed by atoms with E-state index in [1.165, 1.54) is 30.3 Å². The topological polar surface area (TPSA) is 83.5 Å². The summed E-state index contributed by atoms with van der Waals surface area (Å²) in [5.41, 5.74) is 0.518. The molecular formula is C15H16FNO4S2. The third-order valence-corrected chi connectivity index (χ3v) is 6.16. The smallest absolute Gasteiger partial charge is 0.303 e. The van der Waals surface area contributed by atoms with Crippen LogP contribution in [0.25, 0.3) is 0 Å². The average Bonchev–Trinajstić information content (AvgIpc) is 2.92. The van der Waals surface area contributed by atoms with Gasteiger partial charge in [0, 0.05) is 17.3 Å². The third-order valence-electron chi connectivity index (χ3n) is 3.20. The van der Waals surface area contributed by atoms with Crippen molar-refractivity contribution >= 4 is 27.3 Å². The minimum absolute atomic E-state index is 0.0740. The first kappa shape index (κ1) is 17.6. The van der Waals surface area contributed by atoms with E-state index >= 15 is 0 Å². The van der Waals surface area contributed by atoms with E-state index < -0.39 is 27.9 Å². The zero-order chi connectivity index (χ0) is 17.0. The molecule has 2 rings (SSSR count). The number of hydrogen-bond acceptors (Lipinski definition) is 4. The van der Waals surface area contributed by atoms with Crippen molar-refractivity contribution in [2.75, 3.05) is 0 Å². The van der Waals surface area contributed by atoms with Gasteiger partial charge in [-0.3, -0.25) is 4.79 Å². The van der Waals surface area contributed by atoms with Gasteiger partial charge in [-0.2, -0.15) is 0 Å². The van der Waals surface area contributed by atoms with Crippen molar-refractivity contribution in [2.24, 2.45) is 0 Å². The first-order valence-electron chi connectivity index (χ1n) is 6.84. The van der Waals surface area contributed by atoms with E-state index in [0.29, 0.717) is 5.56 Å². The van der Waals surface area contributed by atoms with Gasteiger partial charge in [-0.25, -0.2) is 17.5 Å². The number of aliphatic carboxylic acids is 1. The predicted molar refractivity (Wildman–Crippen MR) is 85.4 cm³/mol. The highest BCUT2D eigenvalue weighted by atomic mass is 32.2. The Bertz CT molecular complexity index is 784. The molecule has 1 unspecified atom stereocenters. The molecule has 0 fully saturated rings. The van der Waals surface area contributed by atoms with Gasteiger partial charge < -0.3 is 5.11 Å². The number of halogens is 1. The van der Waals surface area contributed by atoms with Crippen LogP contribution in [-0.4, -0.2) is 19.5 Å². The van der Waals surface area contributed by atoms with Gasteiger partial charge in [0.2, 0.25) is 0 Å². The molecular weight excluding hydrogens is 341 g/mol. The highest BCUT2D eigenvalue weighted by molar-refractivity contribution is 7.91. The Morgan fingerprint density at radius 3 is 2.43 bits per heavy atom. The summed E-state index contributed by atoms with van der Waals surface area (Å²) in [6.07, 6.45) is -0.126. The van der Waals surface area contributed by atoms with Crippen LogP contribution in [0.1, 0.15) is 29.3 Å². The van der Waals surface area contributed by atoms with Crippen molar-refractivity contribution in [3.05, 3.63) is 52.7 Å². The second-order valence-corrected chi connectivity index (χ2v) is 8.25. The van der Waals surface area contributed by atoms with Gasteiger partial charge in [-0.15, -0.1) is 11.3 Å². The standard InChI is InChI=1S/C15H16FNO4S2/c1-10-2-9-15(22-10)23(20,21)17-13(7-8-14(18)19)11-3-5-12(16)6-4-11/h2-6,9,13,17H,7-8H2,1H3,(H,18,19). The van der Waals surface area contributed by atoms with Crippen LogP contribution < -0.4 is 4.72 Å². The summed E-state index contributed by atoms with van der Waals surface area (Å²) in [6.45, 7) is 1.80. The van der Waals surface area contributed by atoms with Crippen molar-refractivity contribution < 1.29 is 22.7 Å². The lowest BCUT2D eigenvalue weighted by Gasteiger charge is -2.18. The van der Waals surface area contributed by atoms with Crippen LogP contribution in [0, 0.1) is 12.7 Å². The maximum Gasteiger partial charge on any atom is 0.303 e. The lowest BCUT2D eigenvalue weighted by Crippen LogP contribution is -2.28. The maximum atomic E-state index is 13.0. The molecule has 2 aromatic rings. The second kappa shape index (κ2) is 7.20. The zero-order valence-electron chi connectivity index (χ0n) is 12.3. The zero-order valence-corrected chi connectivity index (χ0v) is 14.0. The minimum atomic E-state index is -3.76. The largest absolute Gasteiger partial charge is 0.481 e. The van der Waals surface area contributed by atoms with E-state index in [0.717, 1.165) is 16.2 Å². The highest BCUT2D eigenvalue weighted by Gasteiger charge is 2.23. The van der Waals surface area contributed by atoms with Crippen molar-refractivity contribution in [1.82, 2.24) is 4.72 Å². The average molecular weight is 357 g/mol. The van der Waals surface area contributed by atoms with Crippen LogP contribution in [0.4, 0.5) is 4.39 Å². The lowest BCUT2D eigenvalue weighted by molar-refractivity contribution is -0.137. The molecule has 0 bridgehead atoms. The van der Waals surface area contributed by atoms with Crippen molar-refractivity contribution in [2.45, 2.75) is 30.0 Å². The number of hydrogen-bond donors (Lipinski definition) is 2. The van der Waals surface area contributed by atoms with Crippen LogP contribution in [0.15, 0.2) is 40.6 Å². The minimum Gasteiger partial charge on any atom is -0.481 e. The monoisotopic (exact) mass is 357 g/mol. The van der Waals surface area contributed by atoms with Gasteiger partial charge in [0.05, 0.1) is 0 Å². The van der Waals surface area contributed by atoms with Crippen LogP contribution in [0.5, 0.6) is 0 Å². The molecule has 0 saturated heterocycles. The Morgan fingerprint density at radius 2 is 1.91 bits per heavy atom. The summed E-state index contributed by atoms with van der Waals surface area (Å²) in [5, 5.41) is 8.84. The second-order valence-electron chi connectivity index (χ2n) is 5.02. The quantitative estimate of drug-likeness (QED) is 0.798. The van der Waals surface area contributed by atoms with E-state index in [1.54, 1.807) is 13.0 Å². The number of carboxylic acid groups (broad SMARTS) is 1. The summed E-state index contributed by atoms with van der Waals surface area (Å²) in [4.78, 5) is 11.6. The maximum absolute atomic E-state index is 13.0. The molecule has 2 N–H and O–H groups in total. The number of rotatable bonds is 7. The van der Waals surface area contributed by atoms with Crippen LogP contribution >= 0.6 is 11.3 Å². The summed E-state index contributed by atoms with van der Waals surface area (Å²) in [7, 11) is -3.76. The molecule has 0 aliphatic heterocycles. The Balaban J connectivity index is 2.26. The fourth-order valence-corrected chi connectivity index (χ4v) is 4.62. The number of thiophene rings is 1. The van der Waals surface area contributed by atoms with E-state index in [-0.39, 0.29) is 17.1 Å². The number of aryl methyl sites for hydroxylation is 1. The summed E-state index contributed by atoms with van der Waals surface area (Å²) < 4.78 is 40.6. The van der Waals surface area contributed by atoms with Crippen LogP contribution in [-0.2, 0) is 14.8 Å². The highest BCUT2D eigenvalue weighted by Crippen LogP contribution is 2.25. The van der Waals surface area contributed by atoms with E-state index in [2.05, 4.69) is 4.72 Å². The first-order chi connectivity index (χ1) is 10.8. The van der Waals surface area contributed by atoms with Crippen molar-refractivity contribution in [3.63, 3.8) is 0 Å². The SMILES string of the molecule is Cc1ccc(S(=O)(=O)NC(CCC(=O)O)c2ccc(F)cc2)s1. The van der Waals surface area contributed by atoms with Crippen LogP contribution in [0.2, 0.25) is 0 Å². The molecule has 1 aromatic heterocycles. The fourth-order valence-electron chi connectivity index (χ4n) is 2.06. The number of sulfonamides is 1. The molecule has 0 spiro atoms. The molecule has 0 radical (unpaired) electrons. The van der Waals surface area contributed by atoms with Crippen molar-refractivity contribution in [3.8, 4) is 0 Å². The van der Waals surface area contributed by atoms with Gasteiger partial charge in [-0.1, -0.05) is 12.1 Å². The normalized spacial score (nSPS) is 13.0. The van der Waals surface area contributed by atoms with Gasteiger partial charge >= 0.3 is 5.97 Å². The predicted octanol–water partition coefficient (Wildman–Crippen LogP) is 3.08. The Morgan fingerprint density at radius 1 is 1.26 bits per heavy atom. The number of benzene rings is 1. The molecule has 5 nitrogen and oxygen atoms in total. The van der Waals surface area contributed by atoms with Gasteiger partial charge in [0.25, 0.3) is 10.0 Å². The third kappa shape index (κ3) is 4.85.